The molecule has 0 aliphatic rings. The van der Waals surface area contributed by atoms with Gasteiger partial charge in [0.15, 0.2) is 0 Å². The van der Waals surface area contributed by atoms with Crippen LogP contribution in [0.1, 0.15) is 5.01 Å². The zero-order valence-corrected chi connectivity index (χ0v) is 10.2. The lowest BCUT2D eigenvalue weighted by Crippen LogP contribution is -2.16. The molecule has 0 saturated carbocycles. The Bertz CT molecular complexity index is 539. The third-order valence-electron chi connectivity index (χ3n) is 1.96. The fraction of sp³-hybridized carbons (Fsp3) is 0.182. The van der Waals surface area contributed by atoms with E-state index in [0.717, 1.165) is 12.1 Å². The Morgan fingerprint density at radius 2 is 1.79 bits per heavy atom. The van der Waals surface area contributed by atoms with Gasteiger partial charge in [0.05, 0.1) is 5.38 Å². The van der Waals surface area contributed by atoms with E-state index in [1.165, 1.54) is 28.8 Å². The number of aromatic nitrogens is 1. The molecule has 19 heavy (non-hydrogen) atoms. The van der Waals surface area contributed by atoms with Gasteiger partial charge in [0.25, 0.3) is 0 Å². The van der Waals surface area contributed by atoms with Crippen LogP contribution in [0.5, 0.6) is 17.4 Å². The first kappa shape index (κ1) is 13.5. The molecule has 102 valence electrons. The fourth-order valence-corrected chi connectivity index (χ4v) is 1.82. The SMILES string of the molecule is Oc1csc(COc2ccc(OC(F)(F)F)cc2)n1. The van der Waals surface area contributed by atoms with Crippen molar-refractivity contribution < 1.29 is 27.8 Å². The van der Waals surface area contributed by atoms with Gasteiger partial charge >= 0.3 is 6.36 Å². The van der Waals surface area contributed by atoms with Gasteiger partial charge < -0.3 is 14.6 Å². The molecule has 4 nitrogen and oxygen atoms in total. The lowest BCUT2D eigenvalue weighted by atomic mass is 10.3. The van der Waals surface area contributed by atoms with Crippen molar-refractivity contribution in [1.29, 1.82) is 0 Å². The monoisotopic (exact) mass is 291 g/mol. The number of alkyl halides is 3. The van der Waals surface area contributed by atoms with Crippen molar-refractivity contribution in [3.63, 3.8) is 0 Å². The van der Waals surface area contributed by atoms with Crippen molar-refractivity contribution >= 4 is 11.3 Å². The van der Waals surface area contributed by atoms with Crippen molar-refractivity contribution in [3.8, 4) is 17.4 Å². The first-order valence-corrected chi connectivity index (χ1v) is 5.92. The first-order chi connectivity index (χ1) is 8.92. The highest BCUT2D eigenvalue weighted by molar-refractivity contribution is 7.09. The second kappa shape index (κ2) is 5.35. The molecule has 0 amide bonds. The Hall–Kier alpha value is -1.96. The maximum Gasteiger partial charge on any atom is 0.573 e. The van der Waals surface area contributed by atoms with Crippen LogP contribution < -0.4 is 9.47 Å². The highest BCUT2D eigenvalue weighted by atomic mass is 32.1. The Labute approximate surface area is 110 Å². The van der Waals surface area contributed by atoms with Crippen molar-refractivity contribution in [2.24, 2.45) is 0 Å². The molecule has 0 atom stereocenters. The molecule has 0 unspecified atom stereocenters. The summed E-state index contributed by atoms with van der Waals surface area (Å²) in [6.45, 7) is 0.130. The van der Waals surface area contributed by atoms with E-state index in [1.54, 1.807) is 0 Å². The zero-order valence-electron chi connectivity index (χ0n) is 9.35. The molecule has 8 heteroatoms. The standard InChI is InChI=1S/C11H8F3NO3S/c12-11(13,14)18-8-3-1-7(2-4-8)17-5-10-15-9(16)6-19-10/h1-4,6,16H,5H2. The van der Waals surface area contributed by atoms with E-state index in [4.69, 9.17) is 9.84 Å². The molecule has 0 saturated heterocycles. The van der Waals surface area contributed by atoms with Crippen LogP contribution in [0.4, 0.5) is 13.2 Å². The molecular weight excluding hydrogens is 283 g/mol. The number of ether oxygens (including phenoxy) is 2. The molecule has 2 rings (SSSR count). The summed E-state index contributed by atoms with van der Waals surface area (Å²) in [4.78, 5) is 3.77. The average molecular weight is 291 g/mol. The Balaban J connectivity index is 1.91. The number of thiazole rings is 1. The minimum absolute atomic E-state index is 0.0856. The molecular formula is C11H8F3NO3S. The number of halogens is 3. The molecule has 0 spiro atoms. The quantitative estimate of drug-likeness (QED) is 0.938. The van der Waals surface area contributed by atoms with Gasteiger partial charge in [0, 0.05) is 0 Å². The third-order valence-corrected chi connectivity index (χ3v) is 2.77. The lowest BCUT2D eigenvalue weighted by Gasteiger charge is -2.09. The van der Waals surface area contributed by atoms with Gasteiger partial charge in [-0.05, 0) is 24.3 Å². The van der Waals surface area contributed by atoms with E-state index in [0.29, 0.717) is 10.8 Å². The normalized spacial score (nSPS) is 11.3. The average Bonchev–Trinajstić information content (AvgIpc) is 2.72. The predicted molar refractivity (Wildman–Crippen MR) is 61.2 cm³/mol. The van der Waals surface area contributed by atoms with Crippen LogP contribution in [0, 0.1) is 0 Å². The first-order valence-electron chi connectivity index (χ1n) is 5.04. The van der Waals surface area contributed by atoms with Gasteiger partial charge in [-0.25, -0.2) is 4.98 Å². The van der Waals surface area contributed by atoms with Crippen molar-refractivity contribution in [3.05, 3.63) is 34.7 Å². The fourth-order valence-electron chi connectivity index (χ4n) is 1.25. The van der Waals surface area contributed by atoms with E-state index < -0.39 is 6.36 Å². The largest absolute Gasteiger partial charge is 0.573 e. The van der Waals surface area contributed by atoms with Crippen LogP contribution in [-0.2, 0) is 6.61 Å². The molecule has 0 aliphatic heterocycles. The van der Waals surface area contributed by atoms with E-state index in [9.17, 15) is 13.2 Å². The van der Waals surface area contributed by atoms with Crippen molar-refractivity contribution in [2.75, 3.05) is 0 Å². The van der Waals surface area contributed by atoms with Gasteiger partial charge in [-0.1, -0.05) is 0 Å². The molecule has 1 heterocycles. The highest BCUT2D eigenvalue weighted by Crippen LogP contribution is 2.25. The molecule has 0 fully saturated rings. The summed E-state index contributed by atoms with van der Waals surface area (Å²) in [5, 5.41) is 11.0. The second-order valence-corrected chi connectivity index (χ2v) is 4.35. The van der Waals surface area contributed by atoms with Crippen LogP contribution in [-0.4, -0.2) is 16.5 Å². The Kier molecular flexibility index (Phi) is 3.79. The second-order valence-electron chi connectivity index (χ2n) is 3.41. The number of benzene rings is 1. The molecule has 0 aliphatic carbocycles. The summed E-state index contributed by atoms with van der Waals surface area (Å²) in [5.74, 6) is -0.0199. The summed E-state index contributed by atoms with van der Waals surface area (Å²) < 4.78 is 44.8. The lowest BCUT2D eigenvalue weighted by molar-refractivity contribution is -0.274. The summed E-state index contributed by atoms with van der Waals surface area (Å²) in [6, 6.07) is 5.02. The summed E-state index contributed by atoms with van der Waals surface area (Å²) in [5.41, 5.74) is 0. The van der Waals surface area contributed by atoms with Crippen molar-refractivity contribution in [1.82, 2.24) is 4.98 Å². The minimum Gasteiger partial charge on any atom is -0.493 e. The summed E-state index contributed by atoms with van der Waals surface area (Å²) >= 11 is 1.22. The predicted octanol–water partition coefficient (Wildman–Crippen LogP) is 3.33. The van der Waals surface area contributed by atoms with E-state index in [-0.39, 0.29) is 18.2 Å². The number of aromatic hydroxyl groups is 1. The van der Waals surface area contributed by atoms with Crippen LogP contribution in [0.15, 0.2) is 29.6 Å². The van der Waals surface area contributed by atoms with Gasteiger partial charge in [-0.2, -0.15) is 0 Å². The summed E-state index contributed by atoms with van der Waals surface area (Å²) in [6.07, 6.45) is -4.71. The minimum atomic E-state index is -4.71. The van der Waals surface area contributed by atoms with E-state index >= 15 is 0 Å². The van der Waals surface area contributed by atoms with Crippen LogP contribution in [0.2, 0.25) is 0 Å². The number of nitrogens with zero attached hydrogens (tertiary/aromatic N) is 1. The van der Waals surface area contributed by atoms with E-state index in [2.05, 4.69) is 9.72 Å². The highest BCUT2D eigenvalue weighted by Gasteiger charge is 2.30. The van der Waals surface area contributed by atoms with Gasteiger partial charge in [0.1, 0.15) is 23.1 Å². The maximum absolute atomic E-state index is 11.9. The van der Waals surface area contributed by atoms with Gasteiger partial charge in [-0.15, -0.1) is 24.5 Å². The molecule has 1 N–H and O–H groups in total. The maximum atomic E-state index is 11.9. The topological polar surface area (TPSA) is 51.6 Å². The van der Waals surface area contributed by atoms with E-state index in [1.807, 2.05) is 0 Å². The van der Waals surface area contributed by atoms with Crippen LogP contribution in [0.3, 0.4) is 0 Å². The number of rotatable bonds is 4. The van der Waals surface area contributed by atoms with Gasteiger partial charge in [0.2, 0.25) is 5.88 Å². The van der Waals surface area contributed by atoms with Gasteiger partial charge in [-0.3, -0.25) is 0 Å². The summed E-state index contributed by atoms with van der Waals surface area (Å²) in [7, 11) is 0. The molecule has 0 bridgehead atoms. The third kappa shape index (κ3) is 4.32. The Morgan fingerprint density at radius 1 is 1.16 bits per heavy atom. The number of hydrogen-bond donors (Lipinski definition) is 1. The zero-order chi connectivity index (χ0) is 13.9. The molecule has 2 aromatic rings. The smallest absolute Gasteiger partial charge is 0.493 e. The van der Waals surface area contributed by atoms with Crippen LogP contribution in [0.25, 0.3) is 0 Å². The molecule has 1 aromatic heterocycles. The van der Waals surface area contributed by atoms with Crippen LogP contribution >= 0.6 is 11.3 Å². The molecule has 1 aromatic carbocycles. The van der Waals surface area contributed by atoms with Crippen molar-refractivity contribution in [2.45, 2.75) is 13.0 Å². The molecule has 0 radical (unpaired) electrons. The Morgan fingerprint density at radius 3 is 2.32 bits per heavy atom. The number of hydrogen-bond acceptors (Lipinski definition) is 5.